The SMILES string of the molecule is N#Cc1ccccc1-c1ccc2c(c1)c1ccccc1n2-c1cc(C#N)c(-c2c(C#N)cccc2C(F)(F)F)cc1-n1c2ccccc2c2cc(-c3cc(-c4cccc(-c5ccc6c7ccc(-c8ccccc8C#N)cc7n(-c7cc(-c8c(C#N)cccc8C(F)(F)F)c(C#N)cc7-n7c8cc(-c9ccccc9C#N)ccc8c8ccc(-c9ccccc9C#N)cc87)c6c5)c4C#N)ccc3C#N)ccc21. The second kappa shape index (κ2) is 33.4. The summed E-state index contributed by atoms with van der Waals surface area (Å²) in [6.45, 7) is 0. The van der Waals surface area contributed by atoms with Gasteiger partial charge in [0, 0.05) is 82.0 Å². The molecule has 22 aromatic rings. The summed E-state index contributed by atoms with van der Waals surface area (Å²) in [6, 6.07) is 124. The molecule has 0 amide bonds. The highest BCUT2D eigenvalue weighted by atomic mass is 19.4. The topological polar surface area (TPSA) is 258 Å². The van der Waals surface area contributed by atoms with Crippen LogP contribution >= 0.6 is 0 Å². The number of alkyl halides is 6. The Balaban J connectivity index is 0.761. The molecule has 0 bridgehead atoms. The van der Waals surface area contributed by atoms with E-state index in [1.807, 2.05) is 231 Å². The van der Waals surface area contributed by atoms with Crippen molar-refractivity contribution in [3.05, 3.63) is 419 Å². The lowest BCUT2D eigenvalue weighted by atomic mass is 9.89. The highest BCUT2D eigenvalue weighted by Gasteiger charge is 2.39. The molecule has 0 saturated carbocycles. The molecule has 0 unspecified atom stereocenters. The Morgan fingerprint density at radius 1 is 0.171 bits per heavy atom. The molecule has 0 fully saturated rings. The number of fused-ring (bicyclic) bond motifs is 12. The van der Waals surface area contributed by atoms with Crippen molar-refractivity contribution in [2.45, 2.75) is 12.4 Å². The van der Waals surface area contributed by atoms with Crippen LogP contribution in [0.15, 0.2) is 352 Å². The van der Waals surface area contributed by atoms with E-state index >= 15 is 26.3 Å². The Morgan fingerprint density at radius 3 is 0.786 bits per heavy atom. The maximum atomic E-state index is 16.1. The molecular weight excluding hydrogens is 1750 g/mol. The third kappa shape index (κ3) is 13.6. The average molecular weight is 1810 g/mol. The van der Waals surface area contributed by atoms with Crippen molar-refractivity contribution in [1.29, 1.82) is 52.6 Å². The molecule has 0 N–H and O–H groups in total. The monoisotopic (exact) mass is 1810 g/mol. The van der Waals surface area contributed by atoms with E-state index in [0.717, 1.165) is 40.6 Å². The van der Waals surface area contributed by atoms with E-state index in [0.29, 0.717) is 182 Å². The van der Waals surface area contributed by atoms with Gasteiger partial charge < -0.3 is 18.3 Å². The van der Waals surface area contributed by atoms with E-state index in [-0.39, 0.29) is 55.9 Å². The number of para-hydroxylation sites is 2. The molecule has 22 rings (SSSR count). The maximum absolute atomic E-state index is 16.1. The minimum atomic E-state index is -5.08. The van der Waals surface area contributed by atoms with Gasteiger partial charge in [0.25, 0.3) is 0 Å². The molecular formula is C120H58F6N14. The second-order valence-electron chi connectivity index (χ2n) is 33.8. The average Bonchev–Trinajstić information content (AvgIpc) is 1.56. The zero-order chi connectivity index (χ0) is 96.3. The number of halogens is 6. The van der Waals surface area contributed by atoms with Crippen molar-refractivity contribution >= 4 is 87.2 Å². The number of hydrogen-bond acceptors (Lipinski definition) is 10. The van der Waals surface area contributed by atoms with Crippen LogP contribution in [0.25, 0.3) is 210 Å². The van der Waals surface area contributed by atoms with Crippen molar-refractivity contribution < 1.29 is 26.3 Å². The molecule has 0 radical (unpaired) electrons. The van der Waals surface area contributed by atoms with E-state index < -0.39 is 34.6 Å². The largest absolute Gasteiger partial charge is 0.417 e. The van der Waals surface area contributed by atoms with Gasteiger partial charge in [-0.15, -0.1) is 0 Å². The van der Waals surface area contributed by atoms with E-state index in [1.165, 1.54) is 24.3 Å². The molecule has 0 spiro atoms. The minimum Gasteiger partial charge on any atom is -0.307 e. The highest BCUT2D eigenvalue weighted by molar-refractivity contribution is 6.17. The van der Waals surface area contributed by atoms with Gasteiger partial charge in [-0.3, -0.25) is 0 Å². The van der Waals surface area contributed by atoms with Gasteiger partial charge in [0.15, 0.2) is 0 Å². The Kier molecular flexibility index (Phi) is 20.3. The molecule has 18 aromatic carbocycles. The number of rotatable bonds is 13. The lowest BCUT2D eigenvalue weighted by Gasteiger charge is -2.22. The predicted octanol–water partition coefficient (Wildman–Crippen LogP) is 29.8. The van der Waals surface area contributed by atoms with Gasteiger partial charge in [-0.1, -0.05) is 206 Å². The van der Waals surface area contributed by atoms with Gasteiger partial charge >= 0.3 is 12.4 Å². The van der Waals surface area contributed by atoms with Crippen LogP contribution in [-0.2, 0) is 12.4 Å². The summed E-state index contributed by atoms with van der Waals surface area (Å²) in [7, 11) is 0. The molecule has 0 aliphatic heterocycles. The Morgan fingerprint density at radius 2 is 0.429 bits per heavy atom. The van der Waals surface area contributed by atoms with Crippen molar-refractivity contribution in [3.8, 4) is 184 Å². The third-order valence-electron chi connectivity index (χ3n) is 26.5. The summed E-state index contributed by atoms with van der Waals surface area (Å²) in [5.41, 5.74) is 10.4. The van der Waals surface area contributed by atoms with E-state index in [2.05, 4.69) is 48.6 Å². The summed E-state index contributed by atoms with van der Waals surface area (Å²) < 4.78 is 103. The zero-order valence-electron chi connectivity index (χ0n) is 73.0. The standard InChI is InChI=1S/C120H58F6N14/c121-119(122,123)103-30-13-20-81(64-132)117(103)98-57-115(113(55-83(98)66-134)137-105-32-11-9-26-91(105)100-49-69(40-46-107(100)137)85-22-5-1-16-76(85)59-127)138-106-33-12-10-27-92(106)101-50-71(41-47-108(101)138)97-48-70(34-35-80(97)63-131)89-28-15-29-90(102(89)68-136)75-39-45-96-95-44-38-74(88-25-8-4-19-79(88)62-130)53-111(95)140(112(96)54-75)116-58-99(118-82(65-133)21-14-31-104(118)120(124,125)126)84(67-135)56-114(116)139-109-51-72(86-23-6-2-17-77(86)60-128)36-42-93(109)94-43-37-73(52-110(94)139)87-24-7-3-18-78(87)61-129/h1-58H. The number of nitrogens with zero attached hydrogens (tertiary/aromatic N) is 14. The zero-order valence-corrected chi connectivity index (χ0v) is 73.0. The summed E-state index contributed by atoms with van der Waals surface area (Å²) in [6.07, 6.45) is -10.1. The smallest absolute Gasteiger partial charge is 0.307 e. The normalized spacial score (nSPS) is 11.4. The molecule has 0 saturated heterocycles. The Bertz CT molecular complexity index is 9610. The van der Waals surface area contributed by atoms with Crippen LogP contribution < -0.4 is 0 Å². The van der Waals surface area contributed by atoms with Crippen LogP contribution in [0.1, 0.15) is 66.8 Å². The van der Waals surface area contributed by atoms with Crippen LogP contribution in [0.3, 0.4) is 0 Å². The van der Waals surface area contributed by atoms with Crippen molar-refractivity contribution in [3.63, 3.8) is 0 Å². The number of benzene rings is 18. The van der Waals surface area contributed by atoms with Crippen LogP contribution in [0.2, 0.25) is 0 Å². The van der Waals surface area contributed by atoms with E-state index in [1.54, 1.807) is 103 Å². The van der Waals surface area contributed by atoms with Gasteiger partial charge in [-0.25, -0.2) is 0 Å². The van der Waals surface area contributed by atoms with Crippen LogP contribution in [0.5, 0.6) is 0 Å². The number of aromatic nitrogens is 4. The first-order chi connectivity index (χ1) is 68.3. The van der Waals surface area contributed by atoms with Crippen LogP contribution in [0.4, 0.5) is 26.3 Å². The fourth-order valence-electron chi connectivity index (χ4n) is 20.4. The van der Waals surface area contributed by atoms with Gasteiger partial charge in [0.2, 0.25) is 0 Å². The summed E-state index contributed by atoms with van der Waals surface area (Å²) in [4.78, 5) is 0. The molecule has 4 heterocycles. The Labute approximate surface area is 794 Å². The lowest BCUT2D eigenvalue weighted by molar-refractivity contribution is -0.137. The van der Waals surface area contributed by atoms with Crippen molar-refractivity contribution in [2.24, 2.45) is 0 Å². The molecule has 0 aliphatic carbocycles. The van der Waals surface area contributed by atoms with E-state index in [4.69, 9.17) is 0 Å². The van der Waals surface area contributed by atoms with Crippen LogP contribution in [0, 0.1) is 113 Å². The number of hydrogen-bond donors (Lipinski definition) is 0. The molecule has 14 nitrogen and oxygen atoms in total. The van der Waals surface area contributed by atoms with Gasteiger partial charge in [0.05, 0.1) is 188 Å². The quantitative estimate of drug-likeness (QED) is 0.0986. The minimum absolute atomic E-state index is 0.160. The maximum Gasteiger partial charge on any atom is 0.417 e. The Hall–Kier alpha value is -20.4. The second-order valence-corrected chi connectivity index (χ2v) is 33.8. The molecule has 20 heteroatoms. The first kappa shape index (κ1) is 85.1. The first-order valence-electron chi connectivity index (χ1n) is 44.0. The fourth-order valence-corrected chi connectivity index (χ4v) is 20.4. The van der Waals surface area contributed by atoms with Gasteiger partial charge in [-0.2, -0.15) is 79.0 Å². The highest BCUT2D eigenvalue weighted by Crippen LogP contribution is 2.52. The first-order valence-corrected chi connectivity index (χ1v) is 44.0. The van der Waals surface area contributed by atoms with Crippen molar-refractivity contribution in [2.75, 3.05) is 0 Å². The summed E-state index contributed by atoms with van der Waals surface area (Å²) in [5.74, 6) is 0. The fraction of sp³-hybridized carbons (Fsp3) is 0.0167. The lowest BCUT2D eigenvalue weighted by Crippen LogP contribution is -2.10. The van der Waals surface area contributed by atoms with Crippen LogP contribution in [-0.4, -0.2) is 18.3 Å². The van der Waals surface area contributed by atoms with Gasteiger partial charge in [0.1, 0.15) is 6.07 Å². The molecule has 140 heavy (non-hydrogen) atoms. The predicted molar refractivity (Wildman–Crippen MR) is 530 cm³/mol. The number of nitriles is 10. The summed E-state index contributed by atoms with van der Waals surface area (Å²) >= 11 is 0. The van der Waals surface area contributed by atoms with E-state index in [9.17, 15) is 52.6 Å². The molecule has 4 aromatic heterocycles. The van der Waals surface area contributed by atoms with Crippen molar-refractivity contribution in [1.82, 2.24) is 18.3 Å². The third-order valence-corrected chi connectivity index (χ3v) is 26.5. The molecule has 0 aliphatic rings. The van der Waals surface area contributed by atoms with Gasteiger partial charge in [-0.05, 0) is 207 Å². The molecule has 0 atom stereocenters. The molecule has 650 valence electrons. The summed E-state index contributed by atoms with van der Waals surface area (Å²) in [5, 5.41) is 116.